The van der Waals surface area contributed by atoms with Crippen molar-refractivity contribution in [2.75, 3.05) is 31.6 Å². The van der Waals surface area contributed by atoms with Crippen LogP contribution in [0.25, 0.3) is 0 Å². The first-order valence-corrected chi connectivity index (χ1v) is 12.2. The molecule has 3 atom stereocenters. The Labute approximate surface area is 192 Å². The molecule has 9 nitrogen and oxygen atoms in total. The van der Waals surface area contributed by atoms with Crippen LogP contribution < -0.4 is 21.3 Å². The highest BCUT2D eigenvalue weighted by molar-refractivity contribution is 8.00. The minimum absolute atomic E-state index is 0.0218. The molecule has 3 unspecified atom stereocenters. The molecule has 4 heterocycles. The average Bonchev–Trinajstić information content (AvgIpc) is 3.32. The molecule has 1 aromatic rings. The van der Waals surface area contributed by atoms with Crippen molar-refractivity contribution < 1.29 is 9.53 Å². The predicted octanol–water partition coefficient (Wildman–Crippen LogP) is 2.69. The van der Waals surface area contributed by atoms with E-state index in [2.05, 4.69) is 63.7 Å². The van der Waals surface area contributed by atoms with Gasteiger partial charge in [-0.1, -0.05) is 29.0 Å². The molecule has 5 rings (SSSR count). The maximum absolute atomic E-state index is 12.9. The number of ether oxygens (including phenoxy) is 1. The summed E-state index contributed by atoms with van der Waals surface area (Å²) in [5.74, 6) is 0. The van der Waals surface area contributed by atoms with Crippen molar-refractivity contribution in [3.8, 4) is 0 Å². The number of nitrogens with zero attached hydrogens (tertiary/aromatic N) is 3. The van der Waals surface area contributed by atoms with Crippen LogP contribution in [0, 0.1) is 0 Å². The van der Waals surface area contributed by atoms with Gasteiger partial charge in [0.1, 0.15) is 6.29 Å². The van der Waals surface area contributed by atoms with Crippen LogP contribution in [0.1, 0.15) is 26.7 Å². The number of hydrogen-bond acceptors (Lipinski definition) is 8. The number of fused-ring (bicyclic) bond motifs is 2. The lowest BCUT2D eigenvalue weighted by Crippen LogP contribution is -2.61. The summed E-state index contributed by atoms with van der Waals surface area (Å²) in [6.07, 6.45) is 4.05. The van der Waals surface area contributed by atoms with E-state index < -0.39 is 5.54 Å². The summed E-state index contributed by atoms with van der Waals surface area (Å²) in [4.78, 5) is 15.9. The Kier molecular flexibility index (Phi) is 6.11. The minimum atomic E-state index is -0.430. The number of carbonyl (C=O) groups excluding carboxylic acids is 1. The number of anilines is 1. The smallest absolute Gasteiger partial charge is 0.362 e. The fourth-order valence-electron chi connectivity index (χ4n) is 4.80. The van der Waals surface area contributed by atoms with Crippen LogP contribution in [0.2, 0.25) is 0 Å². The number of carbonyl (C=O) groups is 1. The highest BCUT2D eigenvalue weighted by atomic mass is 32.2. The third kappa shape index (κ3) is 4.36. The first-order chi connectivity index (χ1) is 15.5. The van der Waals surface area contributed by atoms with Gasteiger partial charge in [0.2, 0.25) is 0 Å². The zero-order valence-corrected chi connectivity index (χ0v) is 19.3. The Morgan fingerprint density at radius 1 is 1.31 bits per heavy atom. The van der Waals surface area contributed by atoms with Gasteiger partial charge in [-0.3, -0.25) is 10.6 Å². The van der Waals surface area contributed by atoms with Gasteiger partial charge in [-0.05, 0) is 44.4 Å². The van der Waals surface area contributed by atoms with Gasteiger partial charge in [-0.25, -0.2) is 4.79 Å². The van der Waals surface area contributed by atoms with Crippen LogP contribution in [-0.2, 0) is 4.74 Å². The number of urea groups is 1. The largest absolute Gasteiger partial charge is 0.381 e. The Balaban J connectivity index is 1.16. The molecule has 4 aliphatic heterocycles. The summed E-state index contributed by atoms with van der Waals surface area (Å²) in [5.41, 5.74) is 1.85. The van der Waals surface area contributed by atoms with E-state index in [4.69, 9.17) is 4.74 Å². The van der Waals surface area contributed by atoms with Crippen molar-refractivity contribution in [3.05, 3.63) is 36.0 Å². The summed E-state index contributed by atoms with van der Waals surface area (Å²) >= 11 is 1.72. The van der Waals surface area contributed by atoms with Crippen LogP contribution in [0.5, 0.6) is 0 Å². The van der Waals surface area contributed by atoms with Gasteiger partial charge in [0.05, 0.1) is 23.5 Å². The lowest BCUT2D eigenvalue weighted by Gasteiger charge is -2.36. The van der Waals surface area contributed by atoms with Gasteiger partial charge in [0.15, 0.2) is 0 Å². The van der Waals surface area contributed by atoms with E-state index in [1.165, 1.54) is 4.90 Å². The first kappa shape index (κ1) is 21.7. The minimum Gasteiger partial charge on any atom is -0.381 e. The fraction of sp³-hybridized carbons (Fsp3) is 0.591. The molecule has 4 N–H and O–H groups in total. The molecule has 0 radical (unpaired) electrons. The third-order valence-electron chi connectivity index (χ3n) is 6.63. The number of amides is 2. The molecule has 172 valence electrons. The second-order valence-corrected chi connectivity index (χ2v) is 10.3. The molecule has 0 saturated carbocycles. The van der Waals surface area contributed by atoms with Gasteiger partial charge in [-0.2, -0.15) is 5.11 Å². The van der Waals surface area contributed by atoms with E-state index in [0.717, 1.165) is 37.3 Å². The second kappa shape index (κ2) is 9.01. The van der Waals surface area contributed by atoms with Crippen LogP contribution in [0.15, 0.2) is 51.2 Å². The highest BCUT2D eigenvalue weighted by Gasteiger charge is 2.47. The molecular formula is C22H31N7O2S. The van der Waals surface area contributed by atoms with E-state index in [1.807, 2.05) is 17.0 Å². The normalized spacial score (nSPS) is 29.2. The van der Waals surface area contributed by atoms with Gasteiger partial charge < -0.3 is 20.3 Å². The number of benzene rings is 1. The van der Waals surface area contributed by atoms with Crippen LogP contribution >= 0.6 is 11.8 Å². The Morgan fingerprint density at radius 3 is 2.94 bits per heavy atom. The highest BCUT2D eigenvalue weighted by Crippen LogP contribution is 2.38. The predicted molar refractivity (Wildman–Crippen MR) is 125 cm³/mol. The molecule has 1 aromatic carbocycles. The van der Waals surface area contributed by atoms with E-state index >= 15 is 0 Å². The third-order valence-corrected chi connectivity index (χ3v) is 7.79. The van der Waals surface area contributed by atoms with E-state index in [-0.39, 0.29) is 23.7 Å². The van der Waals surface area contributed by atoms with Crippen molar-refractivity contribution in [1.29, 1.82) is 0 Å². The van der Waals surface area contributed by atoms with Crippen molar-refractivity contribution >= 4 is 23.5 Å². The molecule has 32 heavy (non-hydrogen) atoms. The molecule has 2 amide bonds. The lowest BCUT2D eigenvalue weighted by molar-refractivity contribution is 0.0715. The fourth-order valence-corrected chi connectivity index (χ4v) is 5.85. The summed E-state index contributed by atoms with van der Waals surface area (Å²) in [7, 11) is 0. The van der Waals surface area contributed by atoms with Crippen LogP contribution in [-0.4, -0.2) is 66.5 Å². The van der Waals surface area contributed by atoms with Crippen molar-refractivity contribution in [2.45, 2.75) is 60.9 Å². The first-order valence-electron chi connectivity index (χ1n) is 11.3. The zero-order valence-electron chi connectivity index (χ0n) is 18.5. The summed E-state index contributed by atoms with van der Waals surface area (Å²) < 4.78 is 5.45. The molecular weight excluding hydrogens is 426 g/mol. The number of hydrogen-bond donors (Lipinski definition) is 4. The molecule has 0 aliphatic carbocycles. The number of likely N-dealkylation sites (tertiary alicyclic amines) is 1. The quantitative estimate of drug-likeness (QED) is 0.516. The maximum Gasteiger partial charge on any atom is 0.362 e. The summed E-state index contributed by atoms with van der Waals surface area (Å²) in [6.45, 7) is 6.75. The molecule has 0 aromatic heterocycles. The van der Waals surface area contributed by atoms with Gasteiger partial charge in [0, 0.05) is 42.6 Å². The number of para-hydroxylation sites is 1. The summed E-state index contributed by atoms with van der Waals surface area (Å²) in [5, 5.41) is 22.4. The number of azo groups is 1. The zero-order chi connectivity index (χ0) is 22.1. The molecule has 2 saturated heterocycles. The average molecular weight is 458 g/mol. The Hall–Kier alpha value is -2.14. The maximum atomic E-state index is 12.9. The van der Waals surface area contributed by atoms with Gasteiger partial charge >= 0.3 is 6.03 Å². The molecule has 10 heteroatoms. The molecule has 0 spiro atoms. The van der Waals surface area contributed by atoms with E-state index in [0.29, 0.717) is 19.1 Å². The van der Waals surface area contributed by atoms with Crippen molar-refractivity contribution in [3.63, 3.8) is 0 Å². The van der Waals surface area contributed by atoms with E-state index in [1.54, 1.807) is 11.8 Å². The monoisotopic (exact) mass is 457 g/mol. The lowest BCUT2D eigenvalue weighted by atomic mass is 9.92. The SMILES string of the molecule is CC1(C)C2=CNC(NC3CCOCC3)NC2CN1C(=O)N=NCC1Nc2ccccc2S1. The standard InChI is InChI=1S/C22H31N7O2S/c1-22(2)15-11-23-20(25-14-7-9-31-10-8-14)27-17(15)13-29(22)21(30)28-24-12-19-26-16-5-3-4-6-18(16)32-19/h3-6,11,14,17,19-20,23,25-27H,7-10,12-13H2,1-2H3. The van der Waals surface area contributed by atoms with Gasteiger partial charge in [0.25, 0.3) is 0 Å². The molecule has 4 aliphatic rings. The number of rotatable bonds is 4. The van der Waals surface area contributed by atoms with Gasteiger partial charge in [-0.15, -0.1) is 0 Å². The van der Waals surface area contributed by atoms with Crippen LogP contribution in [0.4, 0.5) is 10.5 Å². The van der Waals surface area contributed by atoms with Crippen molar-refractivity contribution in [1.82, 2.24) is 20.9 Å². The van der Waals surface area contributed by atoms with Crippen molar-refractivity contribution in [2.24, 2.45) is 10.2 Å². The Bertz CT molecular complexity index is 890. The van der Waals surface area contributed by atoms with Crippen LogP contribution in [0.3, 0.4) is 0 Å². The van der Waals surface area contributed by atoms with E-state index in [9.17, 15) is 4.79 Å². The second-order valence-electron chi connectivity index (χ2n) is 9.10. The topological polar surface area (TPSA) is 102 Å². The summed E-state index contributed by atoms with van der Waals surface area (Å²) in [6, 6.07) is 8.40. The molecule has 2 fully saturated rings. The molecule has 0 bridgehead atoms. The Morgan fingerprint density at radius 2 is 2.12 bits per heavy atom. The number of nitrogens with one attached hydrogen (secondary N) is 4. The number of thioether (sulfide) groups is 1.